The molecule has 0 radical (unpaired) electrons. The molecule has 102 valence electrons. The number of aromatic nitrogens is 4. The highest BCUT2D eigenvalue weighted by molar-refractivity contribution is 6.35. The van der Waals surface area contributed by atoms with Crippen molar-refractivity contribution in [3.8, 4) is 0 Å². The number of para-hydroxylation sites is 1. The van der Waals surface area contributed by atoms with E-state index in [9.17, 15) is 0 Å². The minimum absolute atomic E-state index is 0.519. The summed E-state index contributed by atoms with van der Waals surface area (Å²) in [6, 6.07) is 7.60. The summed E-state index contributed by atoms with van der Waals surface area (Å²) >= 11 is 12.2. The van der Waals surface area contributed by atoms with E-state index in [0.717, 1.165) is 22.6 Å². The zero-order valence-corrected chi connectivity index (χ0v) is 12.1. The van der Waals surface area contributed by atoms with Crippen molar-refractivity contribution >= 4 is 34.2 Å². The van der Waals surface area contributed by atoms with Gasteiger partial charge in [-0.25, -0.2) is 15.0 Å². The maximum atomic E-state index is 6.32. The predicted molar refractivity (Wildman–Crippen MR) is 80.3 cm³/mol. The van der Waals surface area contributed by atoms with Crippen molar-refractivity contribution in [3.05, 3.63) is 53.3 Å². The Labute approximate surface area is 126 Å². The summed E-state index contributed by atoms with van der Waals surface area (Å²) in [7, 11) is 0. The van der Waals surface area contributed by atoms with Gasteiger partial charge in [-0.05, 0) is 18.2 Å². The highest BCUT2D eigenvalue weighted by Crippen LogP contribution is 2.25. The number of aryl methyl sites for hydroxylation is 1. The fourth-order valence-electron chi connectivity index (χ4n) is 2.21. The van der Waals surface area contributed by atoms with Gasteiger partial charge in [0.25, 0.3) is 0 Å². The van der Waals surface area contributed by atoms with E-state index in [1.54, 1.807) is 6.20 Å². The van der Waals surface area contributed by atoms with Crippen LogP contribution < -0.4 is 0 Å². The van der Waals surface area contributed by atoms with E-state index >= 15 is 0 Å². The number of rotatable bonds is 4. The van der Waals surface area contributed by atoms with Crippen LogP contribution in [0.5, 0.6) is 0 Å². The van der Waals surface area contributed by atoms with E-state index in [4.69, 9.17) is 23.2 Å². The van der Waals surface area contributed by atoms with Crippen molar-refractivity contribution in [2.45, 2.75) is 13.0 Å². The lowest BCUT2D eigenvalue weighted by molar-refractivity contribution is 0.735. The van der Waals surface area contributed by atoms with Crippen molar-refractivity contribution in [2.24, 2.45) is 0 Å². The molecular formula is C14H12Cl2N4. The van der Waals surface area contributed by atoms with E-state index in [2.05, 4.69) is 19.5 Å². The van der Waals surface area contributed by atoms with Crippen molar-refractivity contribution in [1.82, 2.24) is 19.5 Å². The second-order valence-corrected chi connectivity index (χ2v) is 5.15. The minimum Gasteiger partial charge on any atom is -0.321 e. The molecule has 0 atom stereocenters. The molecule has 0 aliphatic carbocycles. The Morgan fingerprint density at radius 3 is 2.85 bits per heavy atom. The SMILES string of the molecule is ClCCc1nc2cccc(Cl)c2n1Cc1ccncn1. The summed E-state index contributed by atoms with van der Waals surface area (Å²) in [6.07, 6.45) is 3.96. The third kappa shape index (κ3) is 2.49. The molecule has 0 aliphatic rings. The van der Waals surface area contributed by atoms with Crippen LogP contribution in [0.4, 0.5) is 0 Å². The standard InChI is InChI=1S/C14H12Cl2N4/c15-6-4-13-19-12-3-1-2-11(16)14(12)20(13)8-10-5-7-17-9-18-10/h1-3,5,7,9H,4,6,8H2. The van der Waals surface area contributed by atoms with Crippen LogP contribution in [-0.4, -0.2) is 25.4 Å². The average molecular weight is 307 g/mol. The van der Waals surface area contributed by atoms with Gasteiger partial charge in [0.05, 0.1) is 28.3 Å². The third-order valence-corrected chi connectivity index (χ3v) is 3.57. The van der Waals surface area contributed by atoms with Crippen LogP contribution in [0.2, 0.25) is 5.02 Å². The Morgan fingerprint density at radius 2 is 2.10 bits per heavy atom. The fraction of sp³-hybridized carbons (Fsp3) is 0.214. The Hall–Kier alpha value is -1.65. The van der Waals surface area contributed by atoms with Gasteiger partial charge in [0, 0.05) is 18.5 Å². The molecule has 0 fully saturated rings. The molecule has 0 amide bonds. The largest absolute Gasteiger partial charge is 0.321 e. The lowest BCUT2D eigenvalue weighted by atomic mass is 10.3. The van der Waals surface area contributed by atoms with Gasteiger partial charge < -0.3 is 4.57 Å². The molecule has 2 heterocycles. The molecule has 2 aromatic heterocycles. The smallest absolute Gasteiger partial charge is 0.115 e. The lowest BCUT2D eigenvalue weighted by Crippen LogP contribution is -2.07. The van der Waals surface area contributed by atoms with Gasteiger partial charge in [-0.3, -0.25) is 0 Å². The van der Waals surface area contributed by atoms with Crippen molar-refractivity contribution in [1.29, 1.82) is 0 Å². The van der Waals surface area contributed by atoms with Gasteiger partial charge in [-0.1, -0.05) is 17.7 Å². The molecule has 1 aromatic carbocycles. The number of fused-ring (bicyclic) bond motifs is 1. The van der Waals surface area contributed by atoms with Gasteiger partial charge >= 0.3 is 0 Å². The molecule has 3 aromatic rings. The first-order valence-corrected chi connectivity index (χ1v) is 7.15. The summed E-state index contributed by atoms with van der Waals surface area (Å²) in [6.45, 7) is 0.606. The molecule has 4 nitrogen and oxygen atoms in total. The summed E-state index contributed by atoms with van der Waals surface area (Å²) < 4.78 is 2.07. The Kier molecular flexibility index (Phi) is 3.85. The fourth-order valence-corrected chi connectivity index (χ4v) is 2.65. The van der Waals surface area contributed by atoms with E-state index in [1.165, 1.54) is 6.33 Å². The molecule has 0 N–H and O–H groups in total. The second-order valence-electron chi connectivity index (χ2n) is 4.36. The summed E-state index contributed by atoms with van der Waals surface area (Å²) in [5.41, 5.74) is 2.72. The topological polar surface area (TPSA) is 43.6 Å². The number of hydrogen-bond acceptors (Lipinski definition) is 3. The molecule has 0 bridgehead atoms. The molecular weight excluding hydrogens is 295 g/mol. The summed E-state index contributed by atoms with van der Waals surface area (Å²) in [5, 5.41) is 0.685. The molecule has 0 saturated heterocycles. The van der Waals surface area contributed by atoms with Crippen LogP contribution in [0, 0.1) is 0 Å². The number of hydrogen-bond donors (Lipinski definition) is 0. The quantitative estimate of drug-likeness (QED) is 0.695. The first-order chi connectivity index (χ1) is 9.79. The van der Waals surface area contributed by atoms with Crippen molar-refractivity contribution < 1.29 is 0 Å². The van der Waals surface area contributed by atoms with Gasteiger partial charge in [-0.15, -0.1) is 11.6 Å². The Bertz CT molecular complexity index is 725. The van der Waals surface area contributed by atoms with Crippen LogP contribution in [0.3, 0.4) is 0 Å². The first-order valence-electron chi connectivity index (χ1n) is 6.24. The van der Waals surface area contributed by atoms with Gasteiger partial charge in [-0.2, -0.15) is 0 Å². The first kappa shape index (κ1) is 13.3. The number of alkyl halides is 1. The van der Waals surface area contributed by atoms with Gasteiger partial charge in [0.1, 0.15) is 12.2 Å². The van der Waals surface area contributed by atoms with Gasteiger partial charge in [0.15, 0.2) is 0 Å². The maximum absolute atomic E-state index is 6.32. The summed E-state index contributed by atoms with van der Waals surface area (Å²) in [4.78, 5) is 12.8. The van der Waals surface area contributed by atoms with Crippen LogP contribution in [0.15, 0.2) is 36.8 Å². The molecule has 6 heteroatoms. The Balaban J connectivity index is 2.13. The third-order valence-electron chi connectivity index (χ3n) is 3.08. The number of imidazole rings is 1. The van der Waals surface area contributed by atoms with E-state index in [1.807, 2.05) is 24.3 Å². The summed E-state index contributed by atoms with van der Waals surface area (Å²) in [5.74, 6) is 1.44. The minimum atomic E-state index is 0.519. The monoisotopic (exact) mass is 306 g/mol. The van der Waals surface area contributed by atoms with Gasteiger partial charge in [0.2, 0.25) is 0 Å². The van der Waals surface area contributed by atoms with Crippen molar-refractivity contribution in [2.75, 3.05) is 5.88 Å². The van der Waals surface area contributed by atoms with Crippen LogP contribution in [0.1, 0.15) is 11.5 Å². The average Bonchev–Trinajstić information content (AvgIpc) is 2.80. The van der Waals surface area contributed by atoms with Crippen LogP contribution in [0.25, 0.3) is 11.0 Å². The molecule has 0 aliphatic heterocycles. The molecule has 0 saturated carbocycles. The Morgan fingerprint density at radius 1 is 1.20 bits per heavy atom. The van der Waals surface area contributed by atoms with Crippen LogP contribution >= 0.6 is 23.2 Å². The van der Waals surface area contributed by atoms with E-state index < -0.39 is 0 Å². The molecule has 0 unspecified atom stereocenters. The zero-order chi connectivity index (χ0) is 13.9. The molecule has 20 heavy (non-hydrogen) atoms. The molecule has 0 spiro atoms. The number of nitrogens with zero attached hydrogens (tertiary/aromatic N) is 4. The highest BCUT2D eigenvalue weighted by atomic mass is 35.5. The molecule has 3 rings (SSSR count). The maximum Gasteiger partial charge on any atom is 0.115 e. The normalized spacial score (nSPS) is 11.1. The van der Waals surface area contributed by atoms with Crippen LogP contribution in [-0.2, 0) is 13.0 Å². The second kappa shape index (κ2) is 5.77. The predicted octanol–water partition coefficient (Wildman–Crippen LogP) is 3.31. The van der Waals surface area contributed by atoms with Crippen molar-refractivity contribution in [3.63, 3.8) is 0 Å². The number of benzene rings is 1. The van der Waals surface area contributed by atoms with E-state index in [-0.39, 0.29) is 0 Å². The highest BCUT2D eigenvalue weighted by Gasteiger charge is 2.13. The lowest BCUT2D eigenvalue weighted by Gasteiger charge is -2.08. The number of halogens is 2. The van der Waals surface area contributed by atoms with E-state index in [0.29, 0.717) is 23.9 Å². The zero-order valence-electron chi connectivity index (χ0n) is 10.6.